The van der Waals surface area contributed by atoms with Crippen molar-refractivity contribution in [3.8, 4) is 11.5 Å². The maximum atomic E-state index is 14.9. The van der Waals surface area contributed by atoms with Gasteiger partial charge >= 0.3 is 0 Å². The highest BCUT2D eigenvalue weighted by molar-refractivity contribution is 5.84. The van der Waals surface area contributed by atoms with E-state index in [4.69, 9.17) is 14.0 Å². The summed E-state index contributed by atoms with van der Waals surface area (Å²) in [6, 6.07) is 4.74. The highest BCUT2D eigenvalue weighted by Gasteiger charge is 2.41. The number of benzene rings is 1. The van der Waals surface area contributed by atoms with Crippen LogP contribution in [0.5, 0.6) is 0 Å². The molecule has 3 aromatic heterocycles. The van der Waals surface area contributed by atoms with Crippen LogP contribution in [0.25, 0.3) is 28.1 Å². The number of aromatic nitrogens is 5. The molecule has 1 aliphatic carbocycles. The summed E-state index contributed by atoms with van der Waals surface area (Å²) in [5.41, 5.74) is 0.366. The summed E-state index contributed by atoms with van der Waals surface area (Å²) in [7, 11) is 1.64. The van der Waals surface area contributed by atoms with Gasteiger partial charge in [0.25, 0.3) is 11.4 Å². The minimum Gasteiger partial charge on any atom is -0.376 e. The summed E-state index contributed by atoms with van der Waals surface area (Å²) in [4.78, 5) is 22.7. The predicted octanol–water partition coefficient (Wildman–Crippen LogP) is 3.43. The van der Waals surface area contributed by atoms with Crippen LogP contribution in [-0.4, -0.2) is 43.9 Å². The summed E-state index contributed by atoms with van der Waals surface area (Å²) < 4.78 is 35.0. The largest absolute Gasteiger partial charge is 0.376 e. The molecular weight excluding hydrogens is 429 g/mol. The normalized spacial score (nSPS) is 20.4. The van der Waals surface area contributed by atoms with Crippen molar-refractivity contribution in [2.24, 2.45) is 0 Å². The zero-order valence-electron chi connectivity index (χ0n) is 18.3. The lowest BCUT2D eigenvalue weighted by Crippen LogP contribution is -2.29. The Morgan fingerprint density at radius 2 is 2.09 bits per heavy atom. The van der Waals surface area contributed by atoms with Gasteiger partial charge in [-0.15, -0.1) is 0 Å². The molecule has 4 aromatic rings. The van der Waals surface area contributed by atoms with Gasteiger partial charge in [-0.05, 0) is 50.7 Å². The van der Waals surface area contributed by atoms with Crippen LogP contribution >= 0.6 is 0 Å². The second-order valence-corrected chi connectivity index (χ2v) is 8.80. The van der Waals surface area contributed by atoms with Crippen molar-refractivity contribution in [3.05, 3.63) is 46.6 Å². The van der Waals surface area contributed by atoms with Gasteiger partial charge < -0.3 is 14.0 Å². The molecule has 2 fully saturated rings. The number of para-hydroxylation sites is 1. The van der Waals surface area contributed by atoms with Crippen molar-refractivity contribution in [1.29, 1.82) is 0 Å². The molecule has 4 heterocycles. The Balaban J connectivity index is 1.55. The predicted molar refractivity (Wildman–Crippen MR) is 116 cm³/mol. The molecule has 0 N–H and O–H groups in total. The molecule has 172 valence electrons. The summed E-state index contributed by atoms with van der Waals surface area (Å²) in [5, 5.41) is 4.13. The first-order valence-corrected chi connectivity index (χ1v) is 11.3. The SMILES string of the molecule is COC1(c2nc(-c3ncn4c3c(=O)n(CC3CCCO3)c3c(F)cccc34)no2)CCCC1. The van der Waals surface area contributed by atoms with Crippen molar-refractivity contribution < 1.29 is 18.4 Å². The Kier molecular flexibility index (Phi) is 4.81. The van der Waals surface area contributed by atoms with Gasteiger partial charge in [-0.1, -0.05) is 11.2 Å². The first-order valence-electron chi connectivity index (χ1n) is 11.3. The topological polar surface area (TPSA) is 96.7 Å². The number of rotatable bonds is 5. The van der Waals surface area contributed by atoms with Gasteiger partial charge in [0.05, 0.1) is 18.2 Å². The van der Waals surface area contributed by atoms with Gasteiger partial charge in [-0.2, -0.15) is 4.98 Å². The highest BCUT2D eigenvalue weighted by Crippen LogP contribution is 2.41. The van der Waals surface area contributed by atoms with Gasteiger partial charge in [0, 0.05) is 13.7 Å². The van der Waals surface area contributed by atoms with Crippen LogP contribution in [0.2, 0.25) is 0 Å². The lowest BCUT2D eigenvalue weighted by Gasteiger charge is -2.21. The number of fused-ring (bicyclic) bond motifs is 3. The average Bonchev–Trinajstić information content (AvgIpc) is 3.61. The minimum absolute atomic E-state index is 0.139. The fourth-order valence-electron chi connectivity index (χ4n) is 5.22. The number of hydrogen-bond acceptors (Lipinski definition) is 7. The van der Waals surface area contributed by atoms with E-state index in [1.165, 1.54) is 17.0 Å². The lowest BCUT2D eigenvalue weighted by molar-refractivity contribution is -0.0342. The van der Waals surface area contributed by atoms with Crippen LogP contribution in [-0.2, 0) is 21.6 Å². The molecule has 0 radical (unpaired) electrons. The number of ether oxygens (including phenoxy) is 2. The van der Waals surface area contributed by atoms with Crippen LogP contribution < -0.4 is 5.56 Å². The highest BCUT2D eigenvalue weighted by atomic mass is 19.1. The van der Waals surface area contributed by atoms with Gasteiger partial charge in [-0.3, -0.25) is 13.8 Å². The van der Waals surface area contributed by atoms with Crippen molar-refractivity contribution in [2.45, 2.75) is 56.8 Å². The van der Waals surface area contributed by atoms with Crippen LogP contribution in [0.1, 0.15) is 44.4 Å². The van der Waals surface area contributed by atoms with Gasteiger partial charge in [-0.25, -0.2) is 9.37 Å². The third-order valence-electron chi connectivity index (χ3n) is 6.95. The maximum absolute atomic E-state index is 14.9. The molecule has 1 atom stereocenters. The minimum atomic E-state index is -0.601. The van der Waals surface area contributed by atoms with Gasteiger partial charge in [0.1, 0.15) is 34.5 Å². The quantitative estimate of drug-likeness (QED) is 0.457. The summed E-state index contributed by atoms with van der Waals surface area (Å²) >= 11 is 0. The molecule has 6 rings (SSSR count). The van der Waals surface area contributed by atoms with Crippen LogP contribution in [0.4, 0.5) is 4.39 Å². The van der Waals surface area contributed by atoms with Gasteiger partial charge in [0.2, 0.25) is 5.82 Å². The van der Waals surface area contributed by atoms with Crippen molar-refractivity contribution in [2.75, 3.05) is 13.7 Å². The molecule has 1 aliphatic heterocycles. The van der Waals surface area contributed by atoms with E-state index in [9.17, 15) is 9.18 Å². The van der Waals surface area contributed by atoms with E-state index in [0.29, 0.717) is 23.7 Å². The third-order valence-corrected chi connectivity index (χ3v) is 6.95. The number of nitrogens with zero attached hydrogens (tertiary/aromatic N) is 5. The molecule has 0 amide bonds. The molecule has 0 bridgehead atoms. The molecule has 1 unspecified atom stereocenters. The van der Waals surface area contributed by atoms with E-state index < -0.39 is 11.4 Å². The smallest absolute Gasteiger partial charge is 0.277 e. The molecule has 0 spiro atoms. The van der Waals surface area contributed by atoms with Crippen molar-refractivity contribution in [3.63, 3.8) is 0 Å². The van der Waals surface area contributed by atoms with E-state index >= 15 is 0 Å². The Labute approximate surface area is 188 Å². The summed E-state index contributed by atoms with van der Waals surface area (Å²) in [5.74, 6) is 0.141. The van der Waals surface area contributed by atoms with E-state index in [1.54, 1.807) is 23.6 Å². The first kappa shape index (κ1) is 20.5. The molecule has 33 heavy (non-hydrogen) atoms. The van der Waals surface area contributed by atoms with Gasteiger partial charge in [0.15, 0.2) is 0 Å². The molecule has 2 aliphatic rings. The number of methoxy groups -OCH3 is 1. The van der Waals surface area contributed by atoms with Crippen LogP contribution in [0.15, 0.2) is 33.8 Å². The van der Waals surface area contributed by atoms with Crippen LogP contribution in [0, 0.1) is 5.82 Å². The Morgan fingerprint density at radius 3 is 2.85 bits per heavy atom. The van der Waals surface area contributed by atoms with Crippen LogP contribution in [0.3, 0.4) is 0 Å². The molecule has 1 saturated heterocycles. The standard InChI is InChI=1S/C23H24FN5O4/c1-31-23(9-2-3-10-23)22-26-20(27-33-22)17-19-21(30)28(12-14-6-5-11-32-14)18-15(24)7-4-8-16(18)29(19)13-25-17/h4,7-8,13-14H,2-3,5-6,9-12H2,1H3. The molecule has 1 aromatic carbocycles. The van der Waals surface area contributed by atoms with Crippen molar-refractivity contribution >= 4 is 16.6 Å². The number of imidazole rings is 1. The second-order valence-electron chi connectivity index (χ2n) is 8.80. The third kappa shape index (κ3) is 3.12. The summed E-state index contributed by atoms with van der Waals surface area (Å²) in [6.45, 7) is 0.911. The number of hydrogen-bond donors (Lipinski definition) is 0. The van der Waals surface area contributed by atoms with E-state index in [1.807, 2.05) is 0 Å². The zero-order valence-corrected chi connectivity index (χ0v) is 18.3. The molecule has 1 saturated carbocycles. The molecule has 9 nitrogen and oxygen atoms in total. The fourth-order valence-corrected chi connectivity index (χ4v) is 5.22. The van der Waals surface area contributed by atoms with E-state index in [2.05, 4.69) is 15.1 Å². The Morgan fingerprint density at radius 1 is 1.24 bits per heavy atom. The lowest BCUT2D eigenvalue weighted by atomic mass is 10.0. The first-order chi connectivity index (χ1) is 16.1. The average molecular weight is 453 g/mol. The molecule has 10 heteroatoms. The van der Waals surface area contributed by atoms with E-state index in [0.717, 1.165) is 38.5 Å². The maximum Gasteiger partial charge on any atom is 0.277 e. The molecular formula is C23H24FN5O4. The fraction of sp³-hybridized carbons (Fsp3) is 0.478. The Bertz CT molecular complexity index is 1400. The number of halogens is 1. The van der Waals surface area contributed by atoms with E-state index in [-0.39, 0.29) is 35.1 Å². The zero-order chi connectivity index (χ0) is 22.6. The second kappa shape index (κ2) is 7.74. The monoisotopic (exact) mass is 453 g/mol. The Hall–Kier alpha value is -3.11. The summed E-state index contributed by atoms with van der Waals surface area (Å²) in [6.07, 6.45) is 6.75. The van der Waals surface area contributed by atoms with Crippen molar-refractivity contribution in [1.82, 2.24) is 24.1 Å².